The summed E-state index contributed by atoms with van der Waals surface area (Å²) in [6.07, 6.45) is 2.74. The number of aliphatic imine (C=N–C) groups is 1. The maximum absolute atomic E-state index is 13.6. The number of carbonyl (C=O) groups is 1. The Morgan fingerprint density at radius 3 is 2.50 bits per heavy atom. The van der Waals surface area contributed by atoms with Crippen LogP contribution in [0.2, 0.25) is 0 Å². The maximum atomic E-state index is 13.6. The lowest BCUT2D eigenvalue weighted by atomic mass is 10.1. The number of rotatable bonds is 4. The minimum absolute atomic E-state index is 0.215. The van der Waals surface area contributed by atoms with E-state index in [1.54, 1.807) is 24.3 Å². The molecule has 1 heterocycles. The van der Waals surface area contributed by atoms with Crippen LogP contribution in [0, 0.1) is 5.82 Å². The summed E-state index contributed by atoms with van der Waals surface area (Å²) < 4.78 is 13.6. The van der Waals surface area contributed by atoms with Crippen LogP contribution >= 0.6 is 0 Å². The van der Waals surface area contributed by atoms with Gasteiger partial charge in [-0.1, -0.05) is 48.5 Å². The van der Waals surface area contributed by atoms with Crippen LogP contribution in [0.4, 0.5) is 4.39 Å². The van der Waals surface area contributed by atoms with Gasteiger partial charge in [-0.15, -0.1) is 0 Å². The van der Waals surface area contributed by atoms with E-state index >= 15 is 0 Å². The van der Waals surface area contributed by atoms with E-state index in [9.17, 15) is 9.18 Å². The molecule has 1 N–H and O–H groups in total. The predicted octanol–water partition coefficient (Wildman–Crippen LogP) is 3.33. The van der Waals surface area contributed by atoms with Crippen molar-refractivity contribution in [3.05, 3.63) is 77.2 Å². The Hall–Kier alpha value is -2.75. The Morgan fingerprint density at radius 2 is 1.73 bits per heavy atom. The zero-order valence-electron chi connectivity index (χ0n) is 11.9. The van der Waals surface area contributed by atoms with Gasteiger partial charge in [-0.05, 0) is 29.7 Å². The lowest BCUT2D eigenvalue weighted by Gasteiger charge is -2.02. The van der Waals surface area contributed by atoms with Crippen molar-refractivity contribution in [2.24, 2.45) is 4.99 Å². The van der Waals surface area contributed by atoms with Crippen LogP contribution in [0.1, 0.15) is 17.5 Å². The minimum atomic E-state index is -0.229. The lowest BCUT2D eigenvalue weighted by molar-refractivity contribution is -0.115. The highest BCUT2D eigenvalue weighted by atomic mass is 19.1. The molecule has 1 amide bonds. The molecule has 0 bridgehead atoms. The van der Waals surface area contributed by atoms with Crippen LogP contribution < -0.4 is 5.32 Å². The van der Waals surface area contributed by atoms with Gasteiger partial charge in [-0.3, -0.25) is 4.79 Å². The monoisotopic (exact) mass is 294 g/mol. The summed E-state index contributed by atoms with van der Waals surface area (Å²) in [5.74, 6) is 0.135. The van der Waals surface area contributed by atoms with Gasteiger partial charge in [0.2, 0.25) is 0 Å². The average molecular weight is 294 g/mol. The number of carbonyl (C=O) groups excluding carboxylic acids is 1. The summed E-state index contributed by atoms with van der Waals surface area (Å²) in [5, 5.41) is 2.73. The molecule has 0 saturated carbocycles. The topological polar surface area (TPSA) is 41.5 Å². The molecule has 3 nitrogen and oxygen atoms in total. The van der Waals surface area contributed by atoms with Gasteiger partial charge in [0.1, 0.15) is 17.3 Å². The van der Waals surface area contributed by atoms with E-state index < -0.39 is 0 Å². The molecule has 2 aromatic rings. The largest absolute Gasteiger partial charge is 0.309 e. The quantitative estimate of drug-likeness (QED) is 0.863. The van der Waals surface area contributed by atoms with Crippen LogP contribution in [0.25, 0.3) is 6.08 Å². The van der Waals surface area contributed by atoms with Crippen molar-refractivity contribution in [1.82, 2.24) is 5.32 Å². The first-order valence-electron chi connectivity index (χ1n) is 7.11. The number of amidine groups is 1. The van der Waals surface area contributed by atoms with Crippen LogP contribution in [0.15, 0.2) is 65.3 Å². The van der Waals surface area contributed by atoms with Crippen molar-refractivity contribution in [3.8, 4) is 0 Å². The van der Waals surface area contributed by atoms with Crippen molar-refractivity contribution in [2.45, 2.75) is 12.8 Å². The summed E-state index contributed by atoms with van der Waals surface area (Å²) in [5.41, 5.74) is 1.93. The normalized spacial score (nSPS) is 15.8. The number of nitrogens with zero attached hydrogens (tertiary/aromatic N) is 1. The maximum Gasteiger partial charge on any atom is 0.275 e. The Balaban J connectivity index is 1.71. The van der Waals surface area contributed by atoms with Gasteiger partial charge in [0.25, 0.3) is 5.91 Å². The van der Waals surface area contributed by atoms with E-state index in [1.807, 2.05) is 30.3 Å². The van der Waals surface area contributed by atoms with Gasteiger partial charge in [0.15, 0.2) is 0 Å². The highest BCUT2D eigenvalue weighted by Gasteiger charge is 2.19. The summed E-state index contributed by atoms with van der Waals surface area (Å²) in [6.45, 7) is 0. The fourth-order valence-electron chi connectivity index (χ4n) is 2.30. The Morgan fingerprint density at radius 1 is 1.00 bits per heavy atom. The Labute approximate surface area is 128 Å². The van der Waals surface area contributed by atoms with Crippen LogP contribution in [-0.4, -0.2) is 11.7 Å². The number of halogens is 1. The van der Waals surface area contributed by atoms with Crippen molar-refractivity contribution < 1.29 is 9.18 Å². The molecule has 3 rings (SSSR count). The first kappa shape index (κ1) is 14.2. The summed E-state index contributed by atoms with van der Waals surface area (Å²) >= 11 is 0. The second-order valence-electron chi connectivity index (χ2n) is 5.04. The van der Waals surface area contributed by atoms with Crippen molar-refractivity contribution in [3.63, 3.8) is 0 Å². The number of amides is 1. The van der Waals surface area contributed by atoms with Crippen LogP contribution in [-0.2, 0) is 11.2 Å². The number of benzene rings is 2. The van der Waals surface area contributed by atoms with Crippen LogP contribution in [0.3, 0.4) is 0 Å². The Bertz CT molecular complexity index is 751. The Kier molecular flexibility index (Phi) is 4.10. The summed E-state index contributed by atoms with van der Waals surface area (Å²) in [4.78, 5) is 16.2. The SMILES string of the molecule is O=C1NC(CCc2ccccc2F)=N/C1=C/c1ccccc1. The van der Waals surface area contributed by atoms with Gasteiger partial charge in [-0.2, -0.15) is 0 Å². The molecular formula is C18H15FN2O. The van der Waals surface area contributed by atoms with Gasteiger partial charge >= 0.3 is 0 Å². The number of hydrogen-bond acceptors (Lipinski definition) is 2. The summed E-state index contributed by atoms with van der Waals surface area (Å²) in [6, 6.07) is 16.2. The zero-order chi connectivity index (χ0) is 15.4. The zero-order valence-corrected chi connectivity index (χ0v) is 11.9. The second-order valence-corrected chi connectivity index (χ2v) is 5.04. The first-order chi connectivity index (χ1) is 10.7. The lowest BCUT2D eigenvalue weighted by Crippen LogP contribution is -2.24. The fourth-order valence-corrected chi connectivity index (χ4v) is 2.30. The number of aryl methyl sites for hydroxylation is 1. The van der Waals surface area contributed by atoms with E-state index in [-0.39, 0.29) is 11.7 Å². The van der Waals surface area contributed by atoms with Crippen molar-refractivity contribution in [2.75, 3.05) is 0 Å². The second kappa shape index (κ2) is 6.35. The molecule has 22 heavy (non-hydrogen) atoms. The van der Waals surface area contributed by atoms with Gasteiger partial charge in [-0.25, -0.2) is 9.38 Å². The van der Waals surface area contributed by atoms with E-state index in [0.29, 0.717) is 29.9 Å². The number of hydrogen-bond donors (Lipinski definition) is 1. The minimum Gasteiger partial charge on any atom is -0.309 e. The highest BCUT2D eigenvalue weighted by molar-refractivity contribution is 6.14. The third-order valence-electron chi connectivity index (χ3n) is 3.44. The van der Waals surface area contributed by atoms with Gasteiger partial charge in [0.05, 0.1) is 0 Å². The smallest absolute Gasteiger partial charge is 0.275 e. The first-order valence-corrected chi connectivity index (χ1v) is 7.11. The van der Waals surface area contributed by atoms with E-state index in [1.165, 1.54) is 6.07 Å². The fraction of sp³-hybridized carbons (Fsp3) is 0.111. The van der Waals surface area contributed by atoms with Gasteiger partial charge < -0.3 is 5.32 Å². The molecule has 2 aromatic carbocycles. The molecule has 0 spiro atoms. The van der Waals surface area contributed by atoms with Crippen molar-refractivity contribution in [1.29, 1.82) is 0 Å². The molecule has 1 aliphatic rings. The molecule has 1 aliphatic heterocycles. The molecular weight excluding hydrogens is 279 g/mol. The molecule has 0 fully saturated rings. The molecule has 0 unspecified atom stereocenters. The van der Waals surface area contributed by atoms with E-state index in [2.05, 4.69) is 10.3 Å². The molecule has 0 radical (unpaired) electrons. The molecule has 0 aliphatic carbocycles. The number of nitrogens with one attached hydrogen (secondary N) is 1. The molecule has 0 aromatic heterocycles. The van der Waals surface area contributed by atoms with Gasteiger partial charge in [0, 0.05) is 6.42 Å². The molecule has 4 heteroatoms. The van der Waals surface area contributed by atoms with E-state index in [4.69, 9.17) is 0 Å². The highest BCUT2D eigenvalue weighted by Crippen LogP contribution is 2.15. The van der Waals surface area contributed by atoms with E-state index in [0.717, 1.165) is 5.56 Å². The predicted molar refractivity (Wildman–Crippen MR) is 84.7 cm³/mol. The standard InChI is InChI=1S/C18H15FN2O/c19-15-9-5-4-8-14(15)10-11-17-20-16(18(22)21-17)12-13-6-2-1-3-7-13/h1-9,12H,10-11H2,(H,20,21,22)/b16-12+. The van der Waals surface area contributed by atoms with Crippen molar-refractivity contribution >= 4 is 17.8 Å². The average Bonchev–Trinajstić information content (AvgIpc) is 2.88. The molecule has 0 atom stereocenters. The summed E-state index contributed by atoms with van der Waals surface area (Å²) in [7, 11) is 0. The van der Waals surface area contributed by atoms with Crippen LogP contribution in [0.5, 0.6) is 0 Å². The third kappa shape index (κ3) is 3.28. The molecule has 0 saturated heterocycles. The molecule has 110 valence electrons. The third-order valence-corrected chi connectivity index (χ3v) is 3.44.